The van der Waals surface area contributed by atoms with Crippen molar-refractivity contribution >= 4 is 40.7 Å². The van der Waals surface area contributed by atoms with Crippen LogP contribution in [0.25, 0.3) is 0 Å². The second-order valence-corrected chi connectivity index (χ2v) is 7.53. The summed E-state index contributed by atoms with van der Waals surface area (Å²) in [6.45, 7) is 0. The van der Waals surface area contributed by atoms with Crippen molar-refractivity contribution in [3.05, 3.63) is 64.7 Å². The summed E-state index contributed by atoms with van der Waals surface area (Å²) in [5, 5.41) is 13.4. The van der Waals surface area contributed by atoms with Crippen LogP contribution in [0.15, 0.2) is 48.5 Å². The summed E-state index contributed by atoms with van der Waals surface area (Å²) in [5.74, 6) is -2.53. The van der Waals surface area contributed by atoms with Gasteiger partial charge in [0.1, 0.15) is 22.8 Å². The quantitative estimate of drug-likeness (QED) is 0.444. The van der Waals surface area contributed by atoms with Crippen molar-refractivity contribution < 1.29 is 24.2 Å². The van der Waals surface area contributed by atoms with E-state index < -0.39 is 36.1 Å². The molecule has 0 radical (unpaired) electrons. The van der Waals surface area contributed by atoms with Gasteiger partial charge in [0.25, 0.3) is 0 Å². The van der Waals surface area contributed by atoms with Crippen LogP contribution in [0, 0.1) is 11.8 Å². The van der Waals surface area contributed by atoms with Gasteiger partial charge in [0.05, 0.1) is 5.92 Å². The highest BCUT2D eigenvalue weighted by atomic mass is 35.5. The highest BCUT2D eigenvalue weighted by Crippen LogP contribution is 2.46. The zero-order chi connectivity index (χ0) is 19.8. The van der Waals surface area contributed by atoms with Crippen LogP contribution >= 0.6 is 23.8 Å². The van der Waals surface area contributed by atoms with Crippen LogP contribution in [0.5, 0.6) is 5.75 Å². The Bertz CT molecular complexity index is 951. The predicted octanol–water partition coefficient (Wildman–Crippen LogP) is 2.76. The first-order valence-electron chi connectivity index (χ1n) is 8.69. The number of aliphatic hydroxyl groups excluding tert-OH is 1. The molecule has 0 saturated carbocycles. The maximum Gasteiger partial charge on any atom is 0.319 e. The molecule has 4 atom stereocenters. The number of halogens is 1. The molecule has 4 rings (SSSR count). The van der Waals surface area contributed by atoms with Crippen molar-refractivity contribution in [3.63, 3.8) is 0 Å². The molecule has 2 aromatic rings. The first-order valence-corrected chi connectivity index (χ1v) is 9.47. The molecule has 6 nitrogen and oxygen atoms in total. The SMILES string of the molecule is O=C(NC(=S)c1ccccc1)C1CC2C(O)Oc3cc(Cl)ccc3C2OC1=O. The molecule has 2 heterocycles. The largest absolute Gasteiger partial charge is 0.464 e. The van der Waals surface area contributed by atoms with E-state index in [1.807, 2.05) is 6.07 Å². The molecule has 4 unspecified atom stereocenters. The maximum atomic E-state index is 12.6. The lowest BCUT2D eigenvalue weighted by Crippen LogP contribution is -2.49. The zero-order valence-electron chi connectivity index (χ0n) is 14.5. The van der Waals surface area contributed by atoms with Crippen LogP contribution in [0.2, 0.25) is 5.02 Å². The third-order valence-electron chi connectivity index (χ3n) is 4.91. The molecule has 2 aliphatic heterocycles. The Labute approximate surface area is 171 Å². The van der Waals surface area contributed by atoms with Gasteiger partial charge < -0.3 is 19.9 Å². The number of benzene rings is 2. The van der Waals surface area contributed by atoms with Crippen molar-refractivity contribution in [2.45, 2.75) is 18.8 Å². The Balaban J connectivity index is 1.52. The lowest BCUT2D eigenvalue weighted by Gasteiger charge is -2.41. The summed E-state index contributed by atoms with van der Waals surface area (Å²) < 4.78 is 11.0. The second kappa shape index (κ2) is 7.50. The zero-order valence-corrected chi connectivity index (χ0v) is 16.1. The lowest BCUT2D eigenvalue weighted by atomic mass is 9.81. The molecule has 1 amide bonds. The standard InChI is InChI=1S/C20H16ClNO5S/c21-11-6-7-12-15(8-11)26-19(24)13-9-14(20(25)27-16(12)13)17(23)22-18(28)10-4-2-1-3-5-10/h1-8,13-14,16,19,24H,9H2,(H,22,23,28). The highest BCUT2D eigenvalue weighted by molar-refractivity contribution is 7.80. The molecule has 0 spiro atoms. The van der Waals surface area contributed by atoms with E-state index in [1.165, 1.54) is 0 Å². The number of aliphatic hydroxyl groups is 1. The number of carbonyl (C=O) groups excluding carboxylic acids is 2. The Hall–Kier alpha value is -2.48. The van der Waals surface area contributed by atoms with E-state index in [2.05, 4.69) is 5.32 Å². The van der Waals surface area contributed by atoms with E-state index in [0.717, 1.165) is 0 Å². The van der Waals surface area contributed by atoms with Crippen LogP contribution in [0.1, 0.15) is 23.7 Å². The van der Waals surface area contributed by atoms with Gasteiger partial charge in [-0.05, 0) is 18.6 Å². The summed E-state index contributed by atoms with van der Waals surface area (Å²) in [6, 6.07) is 13.9. The molecule has 8 heteroatoms. The number of fused-ring (bicyclic) bond motifs is 3. The first kappa shape index (κ1) is 18.9. The van der Waals surface area contributed by atoms with Gasteiger partial charge in [-0.1, -0.05) is 60.2 Å². The lowest BCUT2D eigenvalue weighted by molar-refractivity contribution is -0.191. The van der Waals surface area contributed by atoms with Crippen molar-refractivity contribution in [1.82, 2.24) is 5.32 Å². The molecule has 0 aromatic heterocycles. The third kappa shape index (κ3) is 3.48. The summed E-state index contributed by atoms with van der Waals surface area (Å²) in [7, 11) is 0. The Morgan fingerprint density at radius 3 is 2.68 bits per heavy atom. The minimum absolute atomic E-state index is 0.0793. The summed E-state index contributed by atoms with van der Waals surface area (Å²) in [6.07, 6.45) is -1.84. The van der Waals surface area contributed by atoms with Gasteiger partial charge in [-0.2, -0.15) is 0 Å². The molecule has 28 heavy (non-hydrogen) atoms. The fourth-order valence-electron chi connectivity index (χ4n) is 3.48. The number of amides is 1. The van der Waals surface area contributed by atoms with Gasteiger partial charge in [0.15, 0.2) is 0 Å². The van der Waals surface area contributed by atoms with Crippen LogP contribution in [-0.4, -0.2) is 28.3 Å². The van der Waals surface area contributed by atoms with Gasteiger partial charge in [-0.25, -0.2) is 0 Å². The van der Waals surface area contributed by atoms with Gasteiger partial charge in [-0.3, -0.25) is 9.59 Å². The number of thiocarbonyl (C=S) groups is 1. The molecule has 0 bridgehead atoms. The number of nitrogens with one attached hydrogen (secondary N) is 1. The number of carbonyl (C=O) groups is 2. The van der Waals surface area contributed by atoms with E-state index in [-0.39, 0.29) is 11.4 Å². The number of rotatable bonds is 2. The average molecular weight is 418 g/mol. The Morgan fingerprint density at radius 1 is 1.18 bits per heavy atom. The van der Waals surface area contributed by atoms with Gasteiger partial charge >= 0.3 is 5.97 Å². The highest BCUT2D eigenvalue weighted by Gasteiger charge is 2.49. The topological polar surface area (TPSA) is 84.9 Å². The predicted molar refractivity (Wildman–Crippen MR) is 105 cm³/mol. The van der Waals surface area contributed by atoms with Crippen molar-refractivity contribution in [1.29, 1.82) is 0 Å². The van der Waals surface area contributed by atoms with Crippen LogP contribution in [0.4, 0.5) is 0 Å². The van der Waals surface area contributed by atoms with Gasteiger partial charge in [-0.15, -0.1) is 0 Å². The van der Waals surface area contributed by atoms with Gasteiger partial charge in [0.2, 0.25) is 12.2 Å². The van der Waals surface area contributed by atoms with Crippen molar-refractivity contribution in [2.24, 2.45) is 11.8 Å². The number of hydrogen-bond donors (Lipinski definition) is 2. The van der Waals surface area contributed by atoms with Crippen molar-refractivity contribution in [3.8, 4) is 5.75 Å². The minimum atomic E-state index is -1.22. The van der Waals surface area contributed by atoms with Crippen molar-refractivity contribution in [2.75, 3.05) is 0 Å². The molecule has 144 valence electrons. The number of ether oxygens (including phenoxy) is 2. The third-order valence-corrected chi connectivity index (χ3v) is 5.48. The summed E-state index contributed by atoms with van der Waals surface area (Å²) in [4.78, 5) is 25.4. The van der Waals surface area contributed by atoms with Crippen LogP contribution in [0.3, 0.4) is 0 Å². The molecule has 2 aromatic carbocycles. The fraction of sp³-hybridized carbons (Fsp3) is 0.250. The van der Waals surface area contributed by atoms with Gasteiger partial charge in [0, 0.05) is 16.1 Å². The average Bonchev–Trinajstić information content (AvgIpc) is 2.68. The fourth-order valence-corrected chi connectivity index (χ4v) is 3.88. The minimum Gasteiger partial charge on any atom is -0.464 e. The van der Waals surface area contributed by atoms with Crippen LogP contribution in [-0.2, 0) is 14.3 Å². The maximum absolute atomic E-state index is 12.6. The second-order valence-electron chi connectivity index (χ2n) is 6.68. The molecule has 1 fully saturated rings. The van der Waals surface area contributed by atoms with Crippen LogP contribution < -0.4 is 10.1 Å². The van der Waals surface area contributed by atoms with E-state index >= 15 is 0 Å². The van der Waals surface area contributed by atoms with E-state index in [9.17, 15) is 14.7 Å². The monoisotopic (exact) mass is 417 g/mol. The molecular weight excluding hydrogens is 402 g/mol. The molecule has 0 aliphatic carbocycles. The number of esters is 1. The normalized spacial score (nSPS) is 25.6. The molecule has 1 saturated heterocycles. The first-order chi connectivity index (χ1) is 13.4. The molecule has 2 N–H and O–H groups in total. The Kier molecular flexibility index (Phi) is 5.05. The smallest absolute Gasteiger partial charge is 0.319 e. The molecular formula is C20H16ClNO5S. The van der Waals surface area contributed by atoms with E-state index in [4.69, 9.17) is 33.3 Å². The summed E-state index contributed by atoms with van der Waals surface area (Å²) >= 11 is 11.2. The number of hydrogen-bond acceptors (Lipinski definition) is 6. The van der Waals surface area contributed by atoms with E-state index in [0.29, 0.717) is 21.9 Å². The van der Waals surface area contributed by atoms with E-state index in [1.54, 1.807) is 42.5 Å². The Morgan fingerprint density at radius 2 is 1.93 bits per heavy atom. The molecule has 2 aliphatic rings. The summed E-state index contributed by atoms with van der Waals surface area (Å²) in [5.41, 5.74) is 1.28.